The molecular formula is C13H22ClNOS. The van der Waals surface area contributed by atoms with Crippen LogP contribution in [0.25, 0.3) is 0 Å². The lowest BCUT2D eigenvalue weighted by atomic mass is 10.0. The van der Waals surface area contributed by atoms with Crippen molar-refractivity contribution in [1.29, 1.82) is 0 Å². The molecule has 0 saturated heterocycles. The molecule has 2 N–H and O–H groups in total. The number of hydrogen-bond donors (Lipinski definition) is 1. The van der Waals surface area contributed by atoms with Crippen molar-refractivity contribution in [1.82, 2.24) is 0 Å². The summed E-state index contributed by atoms with van der Waals surface area (Å²) in [5.41, 5.74) is 5.30. The molecule has 0 aliphatic heterocycles. The van der Waals surface area contributed by atoms with Gasteiger partial charge in [-0.2, -0.15) is 0 Å². The van der Waals surface area contributed by atoms with Crippen LogP contribution in [0.15, 0.2) is 17.5 Å². The average Bonchev–Trinajstić information content (AvgIpc) is 2.83. The van der Waals surface area contributed by atoms with Crippen LogP contribution in [0.1, 0.15) is 44.4 Å². The van der Waals surface area contributed by atoms with E-state index < -0.39 is 0 Å². The molecule has 0 aromatic carbocycles. The van der Waals surface area contributed by atoms with E-state index in [-0.39, 0.29) is 11.2 Å². The van der Waals surface area contributed by atoms with Crippen molar-refractivity contribution in [3.63, 3.8) is 0 Å². The maximum Gasteiger partial charge on any atom is 0.224 e. The normalized spacial score (nSPS) is 11.5. The Labute approximate surface area is 113 Å². The molecular weight excluding hydrogens is 254 g/mol. The fourth-order valence-corrected chi connectivity index (χ4v) is 2.21. The second-order valence-corrected chi connectivity index (χ2v) is 5.24. The van der Waals surface area contributed by atoms with Gasteiger partial charge in [0.25, 0.3) is 0 Å². The minimum absolute atomic E-state index is 0.0987. The Bertz CT molecular complexity index is 288. The van der Waals surface area contributed by atoms with Crippen molar-refractivity contribution < 1.29 is 4.79 Å². The zero-order valence-electron chi connectivity index (χ0n) is 10.6. The van der Waals surface area contributed by atoms with Gasteiger partial charge in [0.2, 0.25) is 5.24 Å². The molecule has 0 fully saturated rings. The van der Waals surface area contributed by atoms with E-state index in [1.54, 1.807) is 11.3 Å². The number of thiophene rings is 1. The molecule has 0 radical (unpaired) electrons. The van der Waals surface area contributed by atoms with Crippen molar-refractivity contribution >= 4 is 28.2 Å². The topological polar surface area (TPSA) is 43.1 Å². The standard InChI is InChI=1S/C8H15ClO.C5H7NS/c1-3-5-6-7(4-2)8(9)10;6-4-5-2-1-3-7-5/h7H,3-6H2,1-2H3;1-3H,4,6H2. The minimum Gasteiger partial charge on any atom is -0.326 e. The van der Waals surface area contributed by atoms with Gasteiger partial charge in [0, 0.05) is 17.3 Å². The second kappa shape index (κ2) is 10.8. The molecule has 1 atom stereocenters. The first-order valence-electron chi connectivity index (χ1n) is 6.07. The summed E-state index contributed by atoms with van der Waals surface area (Å²) in [7, 11) is 0. The van der Waals surface area contributed by atoms with Crippen LogP contribution in [0.3, 0.4) is 0 Å². The zero-order chi connectivity index (χ0) is 13.1. The van der Waals surface area contributed by atoms with Crippen LogP contribution in [0.5, 0.6) is 0 Å². The Hall–Kier alpha value is -0.380. The molecule has 0 spiro atoms. The van der Waals surface area contributed by atoms with Gasteiger partial charge < -0.3 is 5.73 Å². The van der Waals surface area contributed by atoms with E-state index in [0.29, 0.717) is 6.54 Å². The summed E-state index contributed by atoms with van der Waals surface area (Å²) in [6, 6.07) is 4.04. The van der Waals surface area contributed by atoms with Crippen molar-refractivity contribution in [2.45, 2.75) is 46.1 Å². The third-order valence-electron chi connectivity index (χ3n) is 2.50. The SMILES string of the molecule is CCCCC(CC)C(=O)Cl.NCc1cccs1. The summed E-state index contributed by atoms with van der Waals surface area (Å²) in [6.07, 6.45) is 4.08. The highest BCUT2D eigenvalue weighted by Crippen LogP contribution is 2.14. The van der Waals surface area contributed by atoms with Crippen LogP contribution in [0.2, 0.25) is 0 Å². The van der Waals surface area contributed by atoms with Gasteiger partial charge in [0.05, 0.1) is 0 Å². The zero-order valence-corrected chi connectivity index (χ0v) is 12.2. The summed E-state index contributed by atoms with van der Waals surface area (Å²) in [5, 5.41) is 1.86. The number of carbonyl (C=O) groups excluding carboxylic acids is 1. The Morgan fingerprint density at radius 2 is 2.24 bits per heavy atom. The number of nitrogens with two attached hydrogens (primary N) is 1. The molecule has 1 aromatic heterocycles. The van der Waals surface area contributed by atoms with E-state index >= 15 is 0 Å². The molecule has 4 heteroatoms. The maximum absolute atomic E-state index is 10.6. The van der Waals surface area contributed by atoms with E-state index in [1.165, 1.54) is 4.88 Å². The summed E-state index contributed by atoms with van der Waals surface area (Å²) >= 11 is 7.04. The Morgan fingerprint density at radius 1 is 1.53 bits per heavy atom. The van der Waals surface area contributed by atoms with Gasteiger partial charge in [-0.15, -0.1) is 11.3 Å². The third kappa shape index (κ3) is 8.36. The van der Waals surface area contributed by atoms with Gasteiger partial charge in [-0.25, -0.2) is 0 Å². The van der Waals surface area contributed by atoms with Crippen LogP contribution in [-0.4, -0.2) is 5.24 Å². The lowest BCUT2D eigenvalue weighted by Crippen LogP contribution is -2.06. The van der Waals surface area contributed by atoms with Crippen molar-refractivity contribution in [3.8, 4) is 0 Å². The van der Waals surface area contributed by atoms with Gasteiger partial charge in [0.15, 0.2) is 0 Å². The predicted molar refractivity (Wildman–Crippen MR) is 76.4 cm³/mol. The molecule has 0 saturated carbocycles. The van der Waals surface area contributed by atoms with E-state index in [2.05, 4.69) is 6.92 Å². The quantitative estimate of drug-likeness (QED) is 0.792. The summed E-state index contributed by atoms with van der Waals surface area (Å²) in [4.78, 5) is 11.9. The molecule has 0 aliphatic rings. The second-order valence-electron chi connectivity index (χ2n) is 3.83. The Kier molecular flexibility index (Phi) is 10.5. The Morgan fingerprint density at radius 3 is 2.53 bits per heavy atom. The fraction of sp³-hybridized carbons (Fsp3) is 0.615. The van der Waals surface area contributed by atoms with Gasteiger partial charge in [-0.3, -0.25) is 4.79 Å². The summed E-state index contributed by atoms with van der Waals surface area (Å²) < 4.78 is 0. The molecule has 0 aliphatic carbocycles. The van der Waals surface area contributed by atoms with Crippen LogP contribution in [-0.2, 0) is 11.3 Å². The molecule has 1 aromatic rings. The van der Waals surface area contributed by atoms with Crippen LogP contribution >= 0.6 is 22.9 Å². The van der Waals surface area contributed by atoms with Crippen molar-refractivity contribution in [2.24, 2.45) is 11.7 Å². The molecule has 0 amide bonds. The van der Waals surface area contributed by atoms with E-state index in [9.17, 15) is 4.79 Å². The monoisotopic (exact) mass is 275 g/mol. The third-order valence-corrected chi connectivity index (χ3v) is 3.71. The van der Waals surface area contributed by atoms with E-state index in [4.69, 9.17) is 17.3 Å². The number of carbonyl (C=O) groups is 1. The van der Waals surface area contributed by atoms with Gasteiger partial charge in [-0.05, 0) is 35.9 Å². The van der Waals surface area contributed by atoms with Crippen LogP contribution in [0.4, 0.5) is 0 Å². The predicted octanol–water partition coefficient (Wildman–Crippen LogP) is 4.18. The van der Waals surface area contributed by atoms with Gasteiger partial charge in [-0.1, -0.05) is 32.8 Å². The number of unbranched alkanes of at least 4 members (excludes halogenated alkanes) is 1. The first-order chi connectivity index (χ1) is 8.15. The molecule has 2 nitrogen and oxygen atoms in total. The van der Waals surface area contributed by atoms with Crippen LogP contribution in [0, 0.1) is 5.92 Å². The number of hydrogen-bond acceptors (Lipinski definition) is 3. The van der Waals surface area contributed by atoms with Crippen molar-refractivity contribution in [2.75, 3.05) is 0 Å². The van der Waals surface area contributed by atoms with Crippen LogP contribution < -0.4 is 5.73 Å². The molecule has 1 unspecified atom stereocenters. The lowest BCUT2D eigenvalue weighted by Gasteiger charge is -2.06. The average molecular weight is 276 g/mol. The molecule has 1 heterocycles. The maximum atomic E-state index is 10.6. The fourth-order valence-electron chi connectivity index (χ4n) is 1.36. The van der Waals surface area contributed by atoms with E-state index in [1.807, 2.05) is 24.4 Å². The first kappa shape index (κ1) is 16.6. The highest BCUT2D eigenvalue weighted by atomic mass is 35.5. The highest BCUT2D eigenvalue weighted by molar-refractivity contribution is 7.09. The molecule has 1 rings (SSSR count). The largest absolute Gasteiger partial charge is 0.326 e. The molecule has 0 bridgehead atoms. The minimum atomic E-state index is -0.170. The molecule has 98 valence electrons. The van der Waals surface area contributed by atoms with Gasteiger partial charge >= 0.3 is 0 Å². The van der Waals surface area contributed by atoms with Crippen molar-refractivity contribution in [3.05, 3.63) is 22.4 Å². The van der Waals surface area contributed by atoms with Gasteiger partial charge in [0.1, 0.15) is 0 Å². The van der Waals surface area contributed by atoms with E-state index in [0.717, 1.165) is 25.7 Å². The highest BCUT2D eigenvalue weighted by Gasteiger charge is 2.11. The number of halogens is 1. The first-order valence-corrected chi connectivity index (χ1v) is 7.33. The molecule has 17 heavy (non-hydrogen) atoms. The smallest absolute Gasteiger partial charge is 0.224 e. The lowest BCUT2D eigenvalue weighted by molar-refractivity contribution is -0.115. The Balaban J connectivity index is 0.000000318. The summed E-state index contributed by atoms with van der Waals surface area (Å²) in [5.74, 6) is 0.0987. The number of rotatable bonds is 6. The summed E-state index contributed by atoms with van der Waals surface area (Å²) in [6.45, 7) is 4.80.